The summed E-state index contributed by atoms with van der Waals surface area (Å²) in [5.41, 5.74) is 6.88. The van der Waals surface area contributed by atoms with Crippen molar-refractivity contribution in [2.45, 2.75) is 44.1 Å². The molecule has 6 aromatic rings. The van der Waals surface area contributed by atoms with Crippen LogP contribution in [0.3, 0.4) is 0 Å². The highest BCUT2D eigenvalue weighted by Crippen LogP contribution is 2.43. The third-order valence-corrected chi connectivity index (χ3v) is 14.1. The maximum absolute atomic E-state index is 14.2. The summed E-state index contributed by atoms with van der Waals surface area (Å²) >= 11 is 6.26. The largest absolute Gasteiger partial charge is 0.484 e. The predicted molar refractivity (Wildman–Crippen MR) is 246 cm³/mol. The lowest BCUT2D eigenvalue weighted by molar-refractivity contribution is -0.386. The molecule has 3 aromatic carbocycles. The monoisotopic (exact) mass is 907 g/mol. The Hall–Kier alpha value is -5.85. The van der Waals surface area contributed by atoms with Crippen LogP contribution in [0.25, 0.3) is 33.3 Å². The van der Waals surface area contributed by atoms with Gasteiger partial charge in [-0.05, 0) is 97.5 Å². The molecule has 0 bridgehead atoms. The van der Waals surface area contributed by atoms with Crippen LogP contribution in [0.2, 0.25) is 5.02 Å². The van der Waals surface area contributed by atoms with Gasteiger partial charge in [-0.25, -0.2) is 23.1 Å². The van der Waals surface area contributed by atoms with Crippen molar-refractivity contribution in [3.8, 4) is 11.4 Å². The van der Waals surface area contributed by atoms with Gasteiger partial charge in [-0.2, -0.15) is 0 Å². The quantitative estimate of drug-likeness (QED) is 0.0943. The number of carbonyl (C=O) groups is 1. The second kappa shape index (κ2) is 17.6. The van der Waals surface area contributed by atoms with E-state index in [0.29, 0.717) is 35.5 Å². The first kappa shape index (κ1) is 43.4. The molecule has 1 amide bonds. The summed E-state index contributed by atoms with van der Waals surface area (Å²) < 4.78 is 43.0. The van der Waals surface area contributed by atoms with Crippen LogP contribution in [-0.2, 0) is 14.8 Å². The molecule has 3 aliphatic rings. The Morgan fingerprint density at radius 2 is 1.84 bits per heavy atom. The molecule has 2 N–H and O–H groups in total. The average molecular weight is 908 g/mol. The fourth-order valence-electron chi connectivity index (χ4n) is 8.92. The molecule has 334 valence electrons. The molecule has 2 aliphatic heterocycles. The number of piperazine rings is 1. The first-order chi connectivity index (χ1) is 30.7. The number of halogens is 1. The second-order valence-electron chi connectivity index (χ2n) is 17.6. The predicted octanol–water partition coefficient (Wildman–Crippen LogP) is 7.08. The van der Waals surface area contributed by atoms with Gasteiger partial charge in [0.05, 0.1) is 33.2 Å². The lowest BCUT2D eigenvalue weighted by atomic mass is 9.72. The number of fused-ring (bicyclic) bond motifs is 2. The highest BCUT2D eigenvalue weighted by atomic mass is 35.5. The van der Waals surface area contributed by atoms with E-state index in [0.717, 1.165) is 80.7 Å². The molecule has 16 nitrogen and oxygen atoms in total. The number of allylic oxidation sites excluding steroid dienone is 1. The second-order valence-corrected chi connectivity index (χ2v) is 19.8. The molecule has 2 fully saturated rings. The van der Waals surface area contributed by atoms with Crippen molar-refractivity contribution in [2.75, 3.05) is 71.0 Å². The minimum atomic E-state index is -4.61. The van der Waals surface area contributed by atoms with E-state index in [1.54, 1.807) is 23.1 Å². The number of aromatic nitrogens is 4. The van der Waals surface area contributed by atoms with Crippen molar-refractivity contribution in [2.24, 2.45) is 5.41 Å². The summed E-state index contributed by atoms with van der Waals surface area (Å²) in [7, 11) is -2.67. The Balaban J connectivity index is 0.972. The standard InChI is InChI=1S/C46H50ClN9O7S/c1-46(2)14-12-32(38(25-46)30-4-6-33(47)7-5-30)27-53-16-18-54(19-17-53)34-8-10-37(40(23-34)55-41-22-31-13-15-48-44(31)50-39(41)26-49-55)45(57)51-64(60,61)36-9-11-43(42(24-36)56(58)59)63-29-35-28-52(3)20-21-62-35/h4-11,13,15,22-24,26,35,49H,12,14,16-21,25,27-29H2,1-3H3,(H,51,57)/t35-/m1/s1. The van der Waals surface area contributed by atoms with Crippen LogP contribution in [0.1, 0.15) is 49.0 Å². The highest BCUT2D eigenvalue weighted by Gasteiger charge is 2.31. The van der Waals surface area contributed by atoms with Crippen LogP contribution in [0, 0.1) is 15.5 Å². The van der Waals surface area contributed by atoms with Crippen molar-refractivity contribution in [1.82, 2.24) is 34.3 Å². The zero-order chi connectivity index (χ0) is 44.8. The van der Waals surface area contributed by atoms with Gasteiger partial charge in [-0.15, -0.1) is 0 Å². The van der Waals surface area contributed by atoms with Gasteiger partial charge in [0.15, 0.2) is 11.4 Å². The fraction of sp³-hybridized carbons (Fsp3) is 0.370. The summed E-state index contributed by atoms with van der Waals surface area (Å²) in [5, 5.41) is 16.9. The molecule has 5 heterocycles. The number of nitrogens with one attached hydrogen (secondary N) is 2. The number of pyridine rings is 1. The van der Waals surface area contributed by atoms with Crippen LogP contribution >= 0.6 is 11.6 Å². The van der Waals surface area contributed by atoms with Gasteiger partial charge >= 0.3 is 5.69 Å². The lowest BCUT2D eigenvalue weighted by Crippen LogP contribution is -2.47. The summed E-state index contributed by atoms with van der Waals surface area (Å²) in [4.78, 5) is 41.0. The molecule has 2 saturated heterocycles. The summed E-state index contributed by atoms with van der Waals surface area (Å²) in [5.74, 6) is -1.03. The molecule has 1 atom stereocenters. The molecule has 18 heteroatoms. The number of nitrogens with zero attached hydrogens (tertiary/aromatic N) is 7. The summed E-state index contributed by atoms with van der Waals surface area (Å²) in [6, 6.07) is 20.5. The summed E-state index contributed by atoms with van der Waals surface area (Å²) in [6.45, 7) is 10.5. The van der Waals surface area contributed by atoms with Crippen LogP contribution in [0.4, 0.5) is 11.4 Å². The normalized spacial score (nSPS) is 18.8. The number of hydrogen-bond donors (Lipinski definition) is 2. The molecule has 0 radical (unpaired) electrons. The summed E-state index contributed by atoms with van der Waals surface area (Å²) in [6.07, 6.45) is 6.25. The number of likely N-dealkylation sites (N-methyl/N-ethyl adjacent to an activating group) is 1. The molecule has 64 heavy (non-hydrogen) atoms. The number of morpholine rings is 1. The molecule has 0 unspecified atom stereocenters. The van der Waals surface area contributed by atoms with Crippen molar-refractivity contribution in [3.05, 3.63) is 117 Å². The molecule has 9 rings (SSSR count). The first-order valence-corrected chi connectivity index (χ1v) is 23.2. The zero-order valence-electron chi connectivity index (χ0n) is 35.9. The Kier molecular flexibility index (Phi) is 11.9. The smallest absolute Gasteiger partial charge is 0.312 e. The molecular formula is C46H50ClN9O7S. The van der Waals surface area contributed by atoms with Crippen LogP contribution in [0.15, 0.2) is 95.7 Å². The minimum absolute atomic E-state index is 0.0415. The number of H-pyrrole nitrogens is 1. The van der Waals surface area contributed by atoms with Crippen molar-refractivity contribution in [1.29, 1.82) is 0 Å². The van der Waals surface area contributed by atoms with E-state index in [4.69, 9.17) is 21.1 Å². The van der Waals surface area contributed by atoms with E-state index in [9.17, 15) is 23.3 Å². The number of anilines is 1. The molecule has 0 saturated carbocycles. The number of nitro benzene ring substituents is 1. The van der Waals surface area contributed by atoms with E-state index in [2.05, 4.69) is 60.5 Å². The number of hydrogen-bond acceptors (Lipinski definition) is 12. The zero-order valence-corrected chi connectivity index (χ0v) is 37.5. The van der Waals surface area contributed by atoms with Gasteiger partial charge in [0.2, 0.25) is 0 Å². The number of nitro groups is 1. The molecule has 0 spiro atoms. The first-order valence-electron chi connectivity index (χ1n) is 21.4. The number of benzene rings is 3. The minimum Gasteiger partial charge on any atom is -0.484 e. The van der Waals surface area contributed by atoms with Gasteiger partial charge < -0.3 is 19.3 Å². The lowest BCUT2D eigenvalue weighted by Gasteiger charge is -2.39. The maximum atomic E-state index is 14.2. The van der Waals surface area contributed by atoms with Gasteiger partial charge in [0.25, 0.3) is 15.9 Å². The number of sulfonamides is 1. The number of amides is 1. The number of ether oxygens (including phenoxy) is 2. The van der Waals surface area contributed by atoms with Crippen molar-refractivity contribution >= 4 is 66.5 Å². The molecular weight excluding hydrogens is 858 g/mol. The average Bonchev–Trinajstić information content (AvgIpc) is 3.92. The van der Waals surface area contributed by atoms with E-state index in [1.807, 2.05) is 43.4 Å². The van der Waals surface area contributed by atoms with E-state index in [1.165, 1.54) is 28.8 Å². The van der Waals surface area contributed by atoms with Crippen molar-refractivity contribution < 1.29 is 27.6 Å². The molecule has 1 aliphatic carbocycles. The Bertz CT molecular complexity index is 2890. The third kappa shape index (κ3) is 9.21. The van der Waals surface area contributed by atoms with Crippen LogP contribution < -0.4 is 14.4 Å². The van der Waals surface area contributed by atoms with Gasteiger partial charge in [-0.1, -0.05) is 43.2 Å². The Morgan fingerprint density at radius 3 is 2.61 bits per heavy atom. The van der Waals surface area contributed by atoms with Gasteiger partial charge in [0.1, 0.15) is 18.2 Å². The number of rotatable bonds is 12. The SMILES string of the molecule is CN1CCO[C@@H](COc2ccc(S(=O)(=O)NC(=O)c3ccc(N4CCN(CC5=C(c6ccc(Cl)cc6)CC(C)(C)CC5)CC4)cc3-n3[nH]cc4nc5nccc5cc43)cc2[N+](=O)[O-])C1. The van der Waals surface area contributed by atoms with E-state index >= 15 is 0 Å². The number of aromatic amines is 1. The van der Waals surface area contributed by atoms with Gasteiger partial charge in [0, 0.05) is 80.4 Å². The topological polar surface area (TPSA) is 181 Å². The number of carbonyl (C=O) groups excluding carboxylic acids is 1. The Labute approximate surface area is 376 Å². The Morgan fingerprint density at radius 1 is 1.05 bits per heavy atom. The highest BCUT2D eigenvalue weighted by molar-refractivity contribution is 7.90. The van der Waals surface area contributed by atoms with Crippen LogP contribution in [0.5, 0.6) is 5.75 Å². The third-order valence-electron chi connectivity index (χ3n) is 12.5. The maximum Gasteiger partial charge on any atom is 0.312 e. The van der Waals surface area contributed by atoms with E-state index < -0.39 is 31.4 Å². The fourth-order valence-corrected chi connectivity index (χ4v) is 10.0. The van der Waals surface area contributed by atoms with Gasteiger partial charge in [-0.3, -0.25) is 29.6 Å². The van der Waals surface area contributed by atoms with Crippen LogP contribution in [-0.4, -0.2) is 121 Å². The van der Waals surface area contributed by atoms with E-state index in [-0.39, 0.29) is 29.4 Å². The van der Waals surface area contributed by atoms with Crippen molar-refractivity contribution in [3.63, 3.8) is 0 Å². The molecule has 3 aromatic heterocycles.